The van der Waals surface area contributed by atoms with Gasteiger partial charge in [-0.25, -0.2) is 0 Å². The lowest BCUT2D eigenvalue weighted by molar-refractivity contribution is 0.111. The second-order valence-electron chi connectivity index (χ2n) is 13.6. The Kier molecular flexibility index (Phi) is 19.5. The van der Waals surface area contributed by atoms with Crippen LogP contribution in [0.15, 0.2) is 66.4 Å². The van der Waals surface area contributed by atoms with Crippen LogP contribution in [0, 0.1) is 27.7 Å². The van der Waals surface area contributed by atoms with Gasteiger partial charge in [-0.15, -0.1) is 0 Å². The van der Waals surface area contributed by atoms with Crippen molar-refractivity contribution >= 4 is 76.3 Å². The van der Waals surface area contributed by atoms with Crippen LogP contribution in [-0.2, 0) is 0 Å². The van der Waals surface area contributed by atoms with E-state index in [1.165, 1.54) is 16.7 Å². The summed E-state index contributed by atoms with van der Waals surface area (Å²) in [5.74, 6) is 2.46. The average molecular weight is 940 g/mol. The van der Waals surface area contributed by atoms with Crippen LogP contribution in [0.25, 0.3) is 0 Å². The molecule has 0 radical (unpaired) electrons. The van der Waals surface area contributed by atoms with Crippen LogP contribution in [0.3, 0.4) is 0 Å². The molecule has 0 saturated heterocycles. The molecule has 50 heavy (non-hydrogen) atoms. The predicted octanol–water partition coefficient (Wildman–Crippen LogP) is 14.6. The predicted molar refractivity (Wildman–Crippen MR) is 226 cm³/mol. The first-order chi connectivity index (χ1) is 23.2. The summed E-state index contributed by atoms with van der Waals surface area (Å²) in [6, 6.07) is 15.5. The Morgan fingerprint density at radius 3 is 1.20 bits per heavy atom. The molecule has 2 N–H and O–H groups in total. The first-order valence-corrected chi connectivity index (χ1v) is 19.8. The molecule has 0 aliphatic heterocycles. The fraction of sp³-hybridized carbons (Fsp3) is 0.381. The van der Waals surface area contributed by atoms with Gasteiger partial charge in [-0.1, -0.05) is 143 Å². The smallest absolute Gasteiger partial charge is 0.150 e. The van der Waals surface area contributed by atoms with Gasteiger partial charge in [0.1, 0.15) is 24.1 Å². The minimum absolute atomic E-state index is 0.353. The lowest BCUT2D eigenvalue weighted by Gasteiger charge is -2.10. The quantitative estimate of drug-likeness (QED) is 0.189. The van der Waals surface area contributed by atoms with Gasteiger partial charge in [-0.3, -0.25) is 9.59 Å². The van der Waals surface area contributed by atoms with Crippen LogP contribution in [0.2, 0.25) is 0 Å². The SMILES string of the molecule is Cc1cc(C(C)C)c(Br)cc1C=O.Cc1cc(C(C)C)c(Br)cc1O.Cc1cc(C(C)C)c(C=O)cc1Br.Cc1cc(C(C)C)c(O)cc1Br. The van der Waals surface area contributed by atoms with Crippen molar-refractivity contribution in [3.8, 4) is 11.5 Å². The number of aromatic hydroxyl groups is 2. The summed E-state index contributed by atoms with van der Waals surface area (Å²) in [5.41, 5.74) is 10.5. The van der Waals surface area contributed by atoms with Gasteiger partial charge >= 0.3 is 0 Å². The van der Waals surface area contributed by atoms with Crippen LogP contribution in [0.1, 0.15) is 144 Å². The number of rotatable bonds is 6. The Morgan fingerprint density at radius 1 is 0.420 bits per heavy atom. The van der Waals surface area contributed by atoms with E-state index in [9.17, 15) is 19.8 Å². The van der Waals surface area contributed by atoms with Crippen LogP contribution in [0.4, 0.5) is 0 Å². The number of carbonyl (C=O) groups excluding carboxylic acids is 2. The molecule has 0 spiro atoms. The second kappa shape index (κ2) is 21.3. The fourth-order valence-electron chi connectivity index (χ4n) is 4.90. The zero-order valence-electron chi connectivity index (χ0n) is 31.3. The molecule has 0 aliphatic rings. The number of halogens is 4. The topological polar surface area (TPSA) is 74.6 Å². The van der Waals surface area contributed by atoms with Gasteiger partial charge in [0, 0.05) is 29.0 Å². The summed E-state index contributed by atoms with van der Waals surface area (Å²) in [7, 11) is 0. The molecule has 0 aliphatic carbocycles. The van der Waals surface area contributed by atoms with Crippen molar-refractivity contribution in [3.05, 3.63) is 122 Å². The molecule has 0 fully saturated rings. The van der Waals surface area contributed by atoms with Gasteiger partial charge in [0.25, 0.3) is 0 Å². The Balaban J connectivity index is 0.000000334. The number of carbonyl (C=O) groups is 2. The molecule has 0 saturated carbocycles. The number of phenols is 2. The molecule has 0 heterocycles. The lowest BCUT2D eigenvalue weighted by Crippen LogP contribution is -1.96. The maximum absolute atomic E-state index is 10.8. The molecule has 272 valence electrons. The summed E-state index contributed by atoms with van der Waals surface area (Å²) in [4.78, 5) is 21.4. The van der Waals surface area contributed by atoms with Crippen LogP contribution < -0.4 is 0 Å². The third kappa shape index (κ3) is 13.7. The average Bonchev–Trinajstić information content (AvgIpc) is 3.03. The number of benzene rings is 4. The number of hydrogen-bond acceptors (Lipinski definition) is 4. The van der Waals surface area contributed by atoms with E-state index in [-0.39, 0.29) is 0 Å². The van der Waals surface area contributed by atoms with E-state index in [0.29, 0.717) is 35.2 Å². The van der Waals surface area contributed by atoms with E-state index >= 15 is 0 Å². The zero-order chi connectivity index (χ0) is 38.6. The Labute approximate surface area is 334 Å². The molecular formula is C42H52Br4O4. The standard InChI is InChI=1S/2C11H13BrO.2C10H13BrO/c1-7(2)10-4-8(3)11(12)5-9(10)6-13;1-7(2)10-4-8(3)9(6-13)5-11(10)12;1-6(2)8-4-7(3)10(12)5-9(8)11;1-6(2)8-4-7(3)9(11)5-10(8)12/h2*4-7H,1-3H3;2*4-6,12H,1-3H3. The molecule has 4 aromatic carbocycles. The maximum atomic E-state index is 10.8. The molecular weight excluding hydrogens is 888 g/mol. The molecule has 0 bridgehead atoms. The highest BCUT2D eigenvalue weighted by molar-refractivity contribution is 9.11. The third-order valence-corrected chi connectivity index (χ3v) is 11.2. The van der Waals surface area contributed by atoms with Gasteiger partial charge in [0.05, 0.1) is 0 Å². The summed E-state index contributed by atoms with van der Waals surface area (Å²) >= 11 is 13.7. The highest BCUT2D eigenvalue weighted by Crippen LogP contribution is 2.32. The normalized spacial score (nSPS) is 10.6. The molecule has 0 atom stereocenters. The monoisotopic (exact) mass is 936 g/mol. The van der Waals surface area contributed by atoms with Crippen molar-refractivity contribution in [2.75, 3.05) is 0 Å². The van der Waals surface area contributed by atoms with E-state index in [1.807, 2.05) is 52.0 Å². The highest BCUT2D eigenvalue weighted by Gasteiger charge is 2.10. The number of aldehydes is 2. The summed E-state index contributed by atoms with van der Waals surface area (Å²) in [6.07, 6.45) is 1.81. The van der Waals surface area contributed by atoms with Crippen molar-refractivity contribution < 1.29 is 19.8 Å². The lowest BCUT2D eigenvalue weighted by atomic mass is 9.96. The Morgan fingerprint density at radius 2 is 0.760 bits per heavy atom. The number of phenolic OH excluding ortho intramolecular Hbond substituents is 2. The van der Waals surface area contributed by atoms with Crippen LogP contribution in [0.5, 0.6) is 11.5 Å². The Hall–Kier alpha value is -2.26. The number of hydrogen-bond donors (Lipinski definition) is 2. The molecule has 4 aromatic rings. The van der Waals surface area contributed by atoms with Crippen molar-refractivity contribution in [2.45, 2.75) is 107 Å². The van der Waals surface area contributed by atoms with E-state index in [2.05, 4.69) is 131 Å². The van der Waals surface area contributed by atoms with Gasteiger partial charge < -0.3 is 10.2 Å². The minimum Gasteiger partial charge on any atom is -0.508 e. The summed E-state index contributed by atoms with van der Waals surface area (Å²) < 4.78 is 3.97. The van der Waals surface area contributed by atoms with Crippen LogP contribution >= 0.6 is 63.7 Å². The molecule has 8 heteroatoms. The van der Waals surface area contributed by atoms with Crippen molar-refractivity contribution in [2.24, 2.45) is 0 Å². The van der Waals surface area contributed by atoms with E-state index < -0.39 is 0 Å². The molecule has 0 unspecified atom stereocenters. The number of aryl methyl sites for hydroxylation is 4. The maximum Gasteiger partial charge on any atom is 0.150 e. The zero-order valence-corrected chi connectivity index (χ0v) is 37.6. The van der Waals surface area contributed by atoms with Gasteiger partial charge in [0.2, 0.25) is 0 Å². The summed E-state index contributed by atoms with van der Waals surface area (Å²) in [6.45, 7) is 24.8. The second-order valence-corrected chi connectivity index (χ2v) is 17.1. The van der Waals surface area contributed by atoms with E-state index in [0.717, 1.165) is 69.4 Å². The first kappa shape index (κ1) is 45.8. The third-order valence-electron chi connectivity index (χ3n) is 8.11. The molecule has 4 nitrogen and oxygen atoms in total. The molecule has 0 aromatic heterocycles. The van der Waals surface area contributed by atoms with Crippen molar-refractivity contribution in [1.29, 1.82) is 0 Å². The van der Waals surface area contributed by atoms with E-state index in [4.69, 9.17) is 0 Å². The van der Waals surface area contributed by atoms with Gasteiger partial charge in [-0.05, 0) is 120 Å². The minimum atomic E-state index is 0.353. The Bertz CT molecular complexity index is 1700. The largest absolute Gasteiger partial charge is 0.508 e. The van der Waals surface area contributed by atoms with Gasteiger partial charge in [0.15, 0.2) is 0 Å². The van der Waals surface area contributed by atoms with Crippen molar-refractivity contribution in [1.82, 2.24) is 0 Å². The van der Waals surface area contributed by atoms with Crippen LogP contribution in [-0.4, -0.2) is 22.8 Å². The highest BCUT2D eigenvalue weighted by atomic mass is 79.9. The first-order valence-electron chi connectivity index (χ1n) is 16.6. The fourth-order valence-corrected chi connectivity index (χ4v) is 7.20. The van der Waals surface area contributed by atoms with E-state index in [1.54, 1.807) is 12.1 Å². The van der Waals surface area contributed by atoms with Gasteiger partial charge in [-0.2, -0.15) is 0 Å². The summed E-state index contributed by atoms with van der Waals surface area (Å²) in [5, 5.41) is 18.9. The van der Waals surface area contributed by atoms with Crippen molar-refractivity contribution in [3.63, 3.8) is 0 Å². The molecule has 0 amide bonds. The molecule has 4 rings (SSSR count).